The van der Waals surface area contributed by atoms with E-state index in [-0.39, 0.29) is 0 Å². The van der Waals surface area contributed by atoms with Crippen molar-refractivity contribution in [3.8, 4) is 0 Å². The van der Waals surface area contributed by atoms with Gasteiger partial charge in [-0.25, -0.2) is 0 Å². The number of likely N-dealkylation sites (N-methyl/N-ethyl adjacent to an activating group) is 1. The zero-order chi connectivity index (χ0) is 11.7. The van der Waals surface area contributed by atoms with Gasteiger partial charge in [-0.2, -0.15) is 0 Å². The maximum Gasteiger partial charge on any atom is 0.0235 e. The highest BCUT2D eigenvalue weighted by molar-refractivity contribution is 4.90. The van der Waals surface area contributed by atoms with Gasteiger partial charge in [-0.05, 0) is 64.7 Å². The summed E-state index contributed by atoms with van der Waals surface area (Å²) in [4.78, 5) is 5.28. The standard InChI is InChI=1S/C14H27N3/c1-16-9-6-13(11-16)17-8-3-4-12(10-17)14-5-2-7-15-14/h12-15H,2-11H2,1H3. The van der Waals surface area contributed by atoms with Crippen LogP contribution in [0.2, 0.25) is 0 Å². The summed E-state index contributed by atoms with van der Waals surface area (Å²) in [5.41, 5.74) is 0. The van der Waals surface area contributed by atoms with Crippen molar-refractivity contribution in [3.05, 3.63) is 0 Å². The highest BCUT2D eigenvalue weighted by Gasteiger charge is 2.33. The average molecular weight is 237 g/mol. The first-order valence-corrected chi connectivity index (χ1v) is 7.49. The molecule has 0 amide bonds. The van der Waals surface area contributed by atoms with Gasteiger partial charge in [0.25, 0.3) is 0 Å². The quantitative estimate of drug-likeness (QED) is 0.777. The first-order chi connectivity index (χ1) is 8.33. The Bertz CT molecular complexity index is 250. The lowest BCUT2D eigenvalue weighted by Gasteiger charge is -2.39. The zero-order valence-corrected chi connectivity index (χ0v) is 11.2. The number of piperidine rings is 1. The Morgan fingerprint density at radius 3 is 2.65 bits per heavy atom. The van der Waals surface area contributed by atoms with Crippen LogP contribution >= 0.6 is 0 Å². The maximum atomic E-state index is 3.71. The number of rotatable bonds is 2. The minimum atomic E-state index is 0.830. The van der Waals surface area contributed by atoms with E-state index >= 15 is 0 Å². The Kier molecular flexibility index (Phi) is 3.69. The molecule has 0 bridgehead atoms. The lowest BCUT2D eigenvalue weighted by atomic mass is 9.89. The molecule has 0 radical (unpaired) electrons. The van der Waals surface area contributed by atoms with Crippen LogP contribution in [-0.4, -0.2) is 61.7 Å². The highest BCUT2D eigenvalue weighted by atomic mass is 15.2. The van der Waals surface area contributed by atoms with Gasteiger partial charge in [-0.1, -0.05) is 0 Å². The second-order valence-electron chi connectivity index (χ2n) is 6.30. The molecule has 3 atom stereocenters. The number of hydrogen-bond donors (Lipinski definition) is 1. The molecule has 3 heterocycles. The van der Waals surface area contributed by atoms with Crippen LogP contribution in [0.5, 0.6) is 0 Å². The lowest BCUT2D eigenvalue weighted by Crippen LogP contribution is -2.48. The first kappa shape index (κ1) is 11.9. The van der Waals surface area contributed by atoms with Crippen LogP contribution in [-0.2, 0) is 0 Å². The Morgan fingerprint density at radius 2 is 1.94 bits per heavy atom. The molecule has 3 rings (SSSR count). The topological polar surface area (TPSA) is 18.5 Å². The van der Waals surface area contributed by atoms with Crippen molar-refractivity contribution in [1.29, 1.82) is 0 Å². The number of likely N-dealkylation sites (tertiary alicyclic amines) is 2. The van der Waals surface area contributed by atoms with E-state index in [4.69, 9.17) is 0 Å². The molecule has 3 unspecified atom stereocenters. The fourth-order valence-electron chi connectivity index (χ4n) is 4.02. The van der Waals surface area contributed by atoms with E-state index in [1.54, 1.807) is 0 Å². The van der Waals surface area contributed by atoms with Gasteiger partial charge in [0.05, 0.1) is 0 Å². The second kappa shape index (κ2) is 5.25. The van der Waals surface area contributed by atoms with Crippen LogP contribution in [0.4, 0.5) is 0 Å². The molecule has 0 spiro atoms. The molecule has 0 aliphatic carbocycles. The first-order valence-electron chi connectivity index (χ1n) is 7.49. The molecule has 3 fully saturated rings. The zero-order valence-electron chi connectivity index (χ0n) is 11.2. The smallest absolute Gasteiger partial charge is 0.0235 e. The fourth-order valence-corrected chi connectivity index (χ4v) is 4.02. The van der Waals surface area contributed by atoms with E-state index in [9.17, 15) is 0 Å². The van der Waals surface area contributed by atoms with Crippen molar-refractivity contribution >= 4 is 0 Å². The minimum absolute atomic E-state index is 0.830. The van der Waals surface area contributed by atoms with E-state index in [2.05, 4.69) is 22.2 Å². The van der Waals surface area contributed by atoms with E-state index in [1.807, 2.05) is 0 Å². The number of hydrogen-bond acceptors (Lipinski definition) is 3. The molecule has 98 valence electrons. The molecule has 3 heteroatoms. The SMILES string of the molecule is CN1CCC(N2CCCC(C3CCCN3)C2)C1. The molecular formula is C14H27N3. The molecule has 3 aliphatic rings. The van der Waals surface area contributed by atoms with Gasteiger partial charge in [0, 0.05) is 25.2 Å². The predicted octanol–water partition coefficient (Wildman–Crippen LogP) is 1.15. The van der Waals surface area contributed by atoms with E-state index < -0.39 is 0 Å². The molecule has 3 nitrogen and oxygen atoms in total. The van der Waals surface area contributed by atoms with E-state index in [1.165, 1.54) is 64.8 Å². The second-order valence-corrected chi connectivity index (χ2v) is 6.30. The summed E-state index contributed by atoms with van der Waals surface area (Å²) in [5.74, 6) is 0.928. The Morgan fingerprint density at radius 1 is 1.00 bits per heavy atom. The van der Waals surface area contributed by atoms with Crippen molar-refractivity contribution in [1.82, 2.24) is 15.1 Å². The lowest BCUT2D eigenvalue weighted by molar-refractivity contribution is 0.110. The molecule has 0 saturated carbocycles. The Hall–Kier alpha value is -0.120. The van der Waals surface area contributed by atoms with Crippen LogP contribution in [0.3, 0.4) is 0 Å². The molecule has 3 saturated heterocycles. The summed E-state index contributed by atoms with van der Waals surface area (Å²) < 4.78 is 0. The highest BCUT2D eigenvalue weighted by Crippen LogP contribution is 2.27. The molecule has 0 aromatic heterocycles. The van der Waals surface area contributed by atoms with Gasteiger partial charge in [-0.3, -0.25) is 4.90 Å². The van der Waals surface area contributed by atoms with Crippen molar-refractivity contribution in [2.45, 2.75) is 44.2 Å². The van der Waals surface area contributed by atoms with Crippen molar-refractivity contribution in [2.75, 3.05) is 39.8 Å². The normalized spacial score (nSPS) is 41.1. The summed E-state index contributed by atoms with van der Waals surface area (Å²) in [6.45, 7) is 6.56. The largest absolute Gasteiger partial charge is 0.314 e. The fraction of sp³-hybridized carbons (Fsp3) is 1.00. The van der Waals surface area contributed by atoms with Gasteiger partial charge in [-0.15, -0.1) is 0 Å². The van der Waals surface area contributed by atoms with Gasteiger partial charge in [0.1, 0.15) is 0 Å². The van der Waals surface area contributed by atoms with Gasteiger partial charge in [0.15, 0.2) is 0 Å². The van der Waals surface area contributed by atoms with Crippen LogP contribution in [0.25, 0.3) is 0 Å². The monoisotopic (exact) mass is 237 g/mol. The third-order valence-corrected chi connectivity index (χ3v) is 5.04. The number of nitrogens with one attached hydrogen (secondary N) is 1. The van der Waals surface area contributed by atoms with Gasteiger partial charge < -0.3 is 10.2 Å². The van der Waals surface area contributed by atoms with Crippen LogP contribution < -0.4 is 5.32 Å². The summed E-state index contributed by atoms with van der Waals surface area (Å²) in [6, 6.07) is 1.68. The molecule has 3 aliphatic heterocycles. The van der Waals surface area contributed by atoms with Gasteiger partial charge >= 0.3 is 0 Å². The molecule has 0 aromatic carbocycles. The third-order valence-electron chi connectivity index (χ3n) is 5.04. The summed E-state index contributed by atoms with van der Waals surface area (Å²) in [7, 11) is 2.26. The van der Waals surface area contributed by atoms with Crippen molar-refractivity contribution in [3.63, 3.8) is 0 Å². The summed E-state index contributed by atoms with van der Waals surface area (Å²) >= 11 is 0. The summed E-state index contributed by atoms with van der Waals surface area (Å²) in [6.07, 6.45) is 7.08. The van der Waals surface area contributed by atoms with Crippen LogP contribution in [0.1, 0.15) is 32.1 Å². The Balaban J connectivity index is 1.55. The van der Waals surface area contributed by atoms with Gasteiger partial charge in [0.2, 0.25) is 0 Å². The van der Waals surface area contributed by atoms with Crippen LogP contribution in [0, 0.1) is 5.92 Å². The van der Waals surface area contributed by atoms with E-state index in [0.29, 0.717) is 0 Å². The third kappa shape index (κ3) is 2.67. The summed E-state index contributed by atoms with van der Waals surface area (Å²) in [5, 5.41) is 3.71. The molecule has 1 N–H and O–H groups in total. The minimum Gasteiger partial charge on any atom is -0.314 e. The molecule has 0 aromatic rings. The van der Waals surface area contributed by atoms with Crippen molar-refractivity contribution < 1.29 is 0 Å². The predicted molar refractivity (Wildman–Crippen MR) is 71.2 cm³/mol. The average Bonchev–Trinajstić information content (AvgIpc) is 3.00. The molecule has 17 heavy (non-hydrogen) atoms. The van der Waals surface area contributed by atoms with Crippen molar-refractivity contribution in [2.24, 2.45) is 5.92 Å². The van der Waals surface area contributed by atoms with Crippen LogP contribution in [0.15, 0.2) is 0 Å². The Labute approximate surface area is 106 Å². The molecular weight excluding hydrogens is 210 g/mol. The van der Waals surface area contributed by atoms with E-state index in [0.717, 1.165) is 18.0 Å². The number of nitrogens with zero attached hydrogens (tertiary/aromatic N) is 2. The maximum absolute atomic E-state index is 3.71.